The summed E-state index contributed by atoms with van der Waals surface area (Å²) in [6.07, 6.45) is 0. The van der Waals surface area contributed by atoms with Crippen molar-refractivity contribution in [2.24, 2.45) is 0 Å². The molecule has 0 bridgehead atoms. The van der Waals surface area contributed by atoms with Gasteiger partial charge in [-0.3, -0.25) is 0 Å². The quantitative estimate of drug-likeness (QED) is 0.608. The molecular weight excluding hydrogens is 163 g/mol. The highest BCUT2D eigenvalue weighted by Gasteiger charge is 2.05. The number of rotatable bonds is 1. The number of benzene rings is 1. The molecule has 0 aliphatic heterocycles. The van der Waals surface area contributed by atoms with Gasteiger partial charge < -0.3 is 0 Å². The van der Waals surface area contributed by atoms with Gasteiger partial charge in [-0.05, 0) is 36.6 Å². The second kappa shape index (κ2) is 3.22. The van der Waals surface area contributed by atoms with Crippen molar-refractivity contribution in [2.45, 2.75) is 12.8 Å². The summed E-state index contributed by atoms with van der Waals surface area (Å²) in [6, 6.07) is 4.31. The van der Waals surface area contributed by atoms with E-state index in [0.29, 0.717) is 5.02 Å². The molecule has 0 aromatic heterocycles. The summed E-state index contributed by atoms with van der Waals surface area (Å²) in [4.78, 5) is 0. The first-order valence-electron chi connectivity index (χ1n) is 3.39. The van der Waals surface area contributed by atoms with Crippen LogP contribution in [0.3, 0.4) is 0 Å². The van der Waals surface area contributed by atoms with Crippen LogP contribution in [0.25, 0.3) is 0 Å². The van der Waals surface area contributed by atoms with Gasteiger partial charge in [0.15, 0.2) is 0 Å². The van der Waals surface area contributed by atoms with E-state index in [1.165, 1.54) is 12.1 Å². The predicted octanol–water partition coefficient (Wildman–Crippen LogP) is 3.42. The average Bonchev–Trinajstić information content (AvgIpc) is 1.94. The van der Waals surface area contributed by atoms with Crippen molar-refractivity contribution in [3.8, 4) is 0 Å². The zero-order chi connectivity index (χ0) is 8.43. The molecule has 0 aliphatic carbocycles. The van der Waals surface area contributed by atoms with Crippen LogP contribution in [0.5, 0.6) is 0 Å². The lowest BCUT2D eigenvalue weighted by Gasteiger charge is -2.06. The molecule has 0 fully saturated rings. The summed E-state index contributed by atoms with van der Waals surface area (Å²) in [5, 5.41) is 0.578. The first-order chi connectivity index (χ1) is 5.11. The standard InChI is InChI=1S/C9H9ClF/c1-6(2)8-5-7(11)3-4-9(8)10/h3-6H,1H2,2H3. The van der Waals surface area contributed by atoms with E-state index in [1.807, 2.05) is 6.92 Å². The van der Waals surface area contributed by atoms with Crippen LogP contribution < -0.4 is 0 Å². The second-order valence-corrected chi connectivity index (χ2v) is 2.97. The summed E-state index contributed by atoms with van der Waals surface area (Å²) < 4.78 is 12.6. The largest absolute Gasteiger partial charge is 0.207 e. The molecule has 59 valence electrons. The first-order valence-corrected chi connectivity index (χ1v) is 3.77. The molecule has 1 radical (unpaired) electrons. The Morgan fingerprint density at radius 2 is 2.18 bits per heavy atom. The topological polar surface area (TPSA) is 0 Å². The van der Waals surface area contributed by atoms with Crippen LogP contribution in [-0.4, -0.2) is 0 Å². The summed E-state index contributed by atoms with van der Waals surface area (Å²) in [6.45, 7) is 5.64. The van der Waals surface area contributed by atoms with Crippen LogP contribution >= 0.6 is 11.6 Å². The van der Waals surface area contributed by atoms with E-state index in [9.17, 15) is 4.39 Å². The van der Waals surface area contributed by atoms with Crippen LogP contribution in [0.2, 0.25) is 5.02 Å². The van der Waals surface area contributed by atoms with Crippen LogP contribution in [0.4, 0.5) is 4.39 Å². The highest BCUT2D eigenvalue weighted by atomic mass is 35.5. The Hall–Kier alpha value is -0.560. The van der Waals surface area contributed by atoms with Crippen molar-refractivity contribution in [3.05, 3.63) is 41.5 Å². The maximum Gasteiger partial charge on any atom is 0.123 e. The van der Waals surface area contributed by atoms with E-state index in [0.717, 1.165) is 5.56 Å². The summed E-state index contributed by atoms with van der Waals surface area (Å²) >= 11 is 5.78. The third-order valence-electron chi connectivity index (χ3n) is 1.49. The lowest BCUT2D eigenvalue weighted by atomic mass is 10.0. The van der Waals surface area contributed by atoms with Gasteiger partial charge in [0.1, 0.15) is 5.82 Å². The maximum atomic E-state index is 12.6. The van der Waals surface area contributed by atoms with Gasteiger partial charge in [0.05, 0.1) is 0 Å². The van der Waals surface area contributed by atoms with Crippen LogP contribution in [-0.2, 0) is 0 Å². The van der Waals surface area contributed by atoms with E-state index >= 15 is 0 Å². The van der Waals surface area contributed by atoms with Crippen molar-refractivity contribution in [1.82, 2.24) is 0 Å². The van der Waals surface area contributed by atoms with E-state index in [2.05, 4.69) is 6.92 Å². The van der Waals surface area contributed by atoms with Gasteiger partial charge in [0.25, 0.3) is 0 Å². The molecule has 0 aliphatic rings. The summed E-state index contributed by atoms with van der Waals surface area (Å²) in [5.41, 5.74) is 0.756. The summed E-state index contributed by atoms with van der Waals surface area (Å²) in [7, 11) is 0. The molecule has 0 saturated heterocycles. The van der Waals surface area contributed by atoms with Gasteiger partial charge in [-0.1, -0.05) is 18.5 Å². The molecule has 0 spiro atoms. The minimum atomic E-state index is -0.264. The van der Waals surface area contributed by atoms with Crippen LogP contribution in [0.1, 0.15) is 18.4 Å². The molecule has 0 amide bonds. The third-order valence-corrected chi connectivity index (χ3v) is 1.83. The predicted molar refractivity (Wildman–Crippen MR) is 45.2 cm³/mol. The van der Waals surface area contributed by atoms with E-state index in [1.54, 1.807) is 6.07 Å². The van der Waals surface area contributed by atoms with Crippen molar-refractivity contribution >= 4 is 11.6 Å². The number of halogens is 2. The van der Waals surface area contributed by atoms with Crippen LogP contribution in [0, 0.1) is 12.7 Å². The fraction of sp³-hybridized carbons (Fsp3) is 0.222. The SMILES string of the molecule is [CH2]C(C)c1cc(F)ccc1Cl. The second-order valence-electron chi connectivity index (χ2n) is 2.57. The zero-order valence-corrected chi connectivity index (χ0v) is 7.03. The highest BCUT2D eigenvalue weighted by Crippen LogP contribution is 2.24. The molecule has 0 nitrogen and oxygen atoms in total. The Labute approximate surface area is 71.0 Å². The van der Waals surface area contributed by atoms with E-state index in [-0.39, 0.29) is 11.7 Å². The minimum Gasteiger partial charge on any atom is -0.207 e. The molecule has 1 aromatic rings. The first kappa shape index (κ1) is 8.54. The average molecular weight is 172 g/mol. The highest BCUT2D eigenvalue weighted by molar-refractivity contribution is 6.31. The molecule has 2 heteroatoms. The van der Waals surface area contributed by atoms with E-state index < -0.39 is 0 Å². The van der Waals surface area contributed by atoms with Crippen molar-refractivity contribution < 1.29 is 4.39 Å². The molecular formula is C9H9ClF. The Bertz CT molecular complexity index is 256. The maximum absolute atomic E-state index is 12.6. The van der Waals surface area contributed by atoms with Gasteiger partial charge in [0, 0.05) is 5.02 Å². The fourth-order valence-electron chi connectivity index (χ4n) is 0.892. The third kappa shape index (κ3) is 1.93. The lowest BCUT2D eigenvalue weighted by molar-refractivity contribution is 0.624. The Balaban J connectivity index is 3.13. The summed E-state index contributed by atoms with van der Waals surface area (Å²) in [5.74, 6) is -0.238. The monoisotopic (exact) mass is 171 g/mol. The molecule has 11 heavy (non-hydrogen) atoms. The van der Waals surface area contributed by atoms with Crippen molar-refractivity contribution in [3.63, 3.8) is 0 Å². The number of hydrogen-bond acceptors (Lipinski definition) is 0. The molecule has 1 unspecified atom stereocenters. The molecule has 1 rings (SSSR count). The molecule has 0 heterocycles. The van der Waals surface area contributed by atoms with Crippen molar-refractivity contribution in [1.29, 1.82) is 0 Å². The van der Waals surface area contributed by atoms with Gasteiger partial charge >= 0.3 is 0 Å². The Morgan fingerprint density at radius 1 is 1.55 bits per heavy atom. The molecule has 0 saturated carbocycles. The number of hydrogen-bond donors (Lipinski definition) is 0. The molecule has 0 N–H and O–H groups in total. The lowest BCUT2D eigenvalue weighted by Crippen LogP contribution is -1.89. The van der Waals surface area contributed by atoms with Gasteiger partial charge in [-0.2, -0.15) is 0 Å². The molecule has 1 atom stereocenters. The van der Waals surface area contributed by atoms with Crippen LogP contribution in [0.15, 0.2) is 18.2 Å². The normalized spacial score (nSPS) is 10.6. The zero-order valence-electron chi connectivity index (χ0n) is 6.27. The molecule has 1 aromatic carbocycles. The Kier molecular flexibility index (Phi) is 2.50. The Morgan fingerprint density at radius 3 is 2.64 bits per heavy atom. The minimum absolute atomic E-state index is 0.0261. The smallest absolute Gasteiger partial charge is 0.123 e. The van der Waals surface area contributed by atoms with Gasteiger partial charge in [0.2, 0.25) is 0 Å². The van der Waals surface area contributed by atoms with E-state index in [4.69, 9.17) is 11.6 Å². The van der Waals surface area contributed by atoms with Crippen molar-refractivity contribution in [2.75, 3.05) is 0 Å². The fourth-order valence-corrected chi connectivity index (χ4v) is 1.20. The van der Waals surface area contributed by atoms with Gasteiger partial charge in [-0.25, -0.2) is 4.39 Å². The van der Waals surface area contributed by atoms with Gasteiger partial charge in [-0.15, -0.1) is 0 Å².